The first-order chi connectivity index (χ1) is 28.9. The second-order valence-electron chi connectivity index (χ2n) is 15.7. The fourth-order valence-corrected chi connectivity index (χ4v) is 7.52. The van der Waals surface area contributed by atoms with Gasteiger partial charge >= 0.3 is 19.8 Å². The third-order valence-corrected chi connectivity index (χ3v) is 11.2. The van der Waals surface area contributed by atoms with E-state index < -0.39 is 76.7 Å². The fraction of sp³-hybridized carbons (Fsp3) is 0.739. The van der Waals surface area contributed by atoms with E-state index in [4.69, 9.17) is 19.1 Å². The highest BCUT2D eigenvalue weighted by atomic mass is 31.2. The molecule has 0 heterocycles. The lowest BCUT2D eigenvalue weighted by Crippen LogP contribution is -2.29. The average Bonchev–Trinajstić information content (AvgIpc) is 3.49. The number of esters is 2. The predicted molar refractivity (Wildman–Crippen MR) is 235 cm³/mol. The van der Waals surface area contributed by atoms with E-state index >= 15 is 0 Å². The molecule has 1 fully saturated rings. The minimum atomic E-state index is -4.69. The molecule has 0 radical (unpaired) electrons. The van der Waals surface area contributed by atoms with E-state index in [1.54, 1.807) is 6.08 Å². The summed E-state index contributed by atoms with van der Waals surface area (Å²) >= 11 is 0. The second-order valence-corrected chi connectivity index (χ2v) is 17.1. The van der Waals surface area contributed by atoms with Gasteiger partial charge in [0.05, 0.1) is 38.1 Å². The molecule has 8 atom stereocenters. The van der Waals surface area contributed by atoms with Gasteiger partial charge in [-0.25, -0.2) is 4.57 Å². The highest BCUT2D eigenvalue weighted by molar-refractivity contribution is 7.47. The van der Waals surface area contributed by atoms with Crippen LogP contribution in [-0.4, -0.2) is 99.3 Å². The molecule has 346 valence electrons. The number of carbonyl (C=O) groups excluding carboxylic acids is 2. The number of allylic oxidation sites excluding steroid dienone is 8. The minimum absolute atomic E-state index is 0.0628. The van der Waals surface area contributed by atoms with Gasteiger partial charge in [-0.2, -0.15) is 0 Å². The number of aliphatic hydroxyl groups excluding tert-OH is 5. The minimum Gasteiger partial charge on any atom is -0.462 e. The molecule has 0 aromatic carbocycles. The van der Waals surface area contributed by atoms with Gasteiger partial charge in [0.25, 0.3) is 0 Å². The maximum atomic E-state index is 12.6. The van der Waals surface area contributed by atoms with Gasteiger partial charge in [0.15, 0.2) is 6.10 Å². The fourth-order valence-electron chi connectivity index (χ4n) is 6.73. The highest BCUT2D eigenvalue weighted by Gasteiger charge is 2.39. The van der Waals surface area contributed by atoms with E-state index in [1.165, 1.54) is 19.3 Å². The number of phosphoric ester groups is 1. The molecule has 0 amide bonds. The largest absolute Gasteiger partial charge is 0.472 e. The van der Waals surface area contributed by atoms with Crippen molar-refractivity contribution in [3.05, 3.63) is 60.8 Å². The summed E-state index contributed by atoms with van der Waals surface area (Å²) in [6.45, 7) is 1.94. The molecule has 1 unspecified atom stereocenters. The topological polar surface area (TPSA) is 210 Å². The smallest absolute Gasteiger partial charge is 0.462 e. The van der Waals surface area contributed by atoms with Crippen LogP contribution in [0.2, 0.25) is 0 Å². The molecule has 0 saturated heterocycles. The maximum absolute atomic E-state index is 12.6. The monoisotopic (exact) mass is 871 g/mol. The van der Waals surface area contributed by atoms with Crippen molar-refractivity contribution in [2.24, 2.45) is 11.8 Å². The molecule has 13 nitrogen and oxygen atoms in total. The number of hydrogen-bond acceptors (Lipinski definition) is 12. The predicted octanol–water partition coefficient (Wildman–Crippen LogP) is 8.27. The summed E-state index contributed by atoms with van der Waals surface area (Å²) in [5.74, 6) is -1.46. The number of hydrogen-bond donors (Lipinski definition) is 6. The Labute approximate surface area is 360 Å². The van der Waals surface area contributed by atoms with E-state index in [-0.39, 0.29) is 24.7 Å². The van der Waals surface area contributed by atoms with E-state index in [0.29, 0.717) is 38.5 Å². The van der Waals surface area contributed by atoms with Crippen LogP contribution >= 0.6 is 7.82 Å². The summed E-state index contributed by atoms with van der Waals surface area (Å²) in [6.07, 6.45) is 32.6. The molecule has 0 aromatic heterocycles. The number of carbonyl (C=O) groups is 2. The van der Waals surface area contributed by atoms with Crippen LogP contribution < -0.4 is 0 Å². The quantitative estimate of drug-likeness (QED) is 0.0151. The van der Waals surface area contributed by atoms with Gasteiger partial charge in [0, 0.05) is 25.2 Å². The first-order valence-electron chi connectivity index (χ1n) is 22.5. The lowest BCUT2D eigenvalue weighted by atomic mass is 9.88. The summed E-state index contributed by atoms with van der Waals surface area (Å²) in [6, 6.07) is 0. The lowest BCUT2D eigenvalue weighted by molar-refractivity contribution is -0.161. The molecule has 0 bridgehead atoms. The lowest BCUT2D eigenvalue weighted by Gasteiger charge is -2.21. The summed E-state index contributed by atoms with van der Waals surface area (Å²) < 4.78 is 32.7. The van der Waals surface area contributed by atoms with Gasteiger partial charge in [-0.15, -0.1) is 0 Å². The molecule has 0 aromatic rings. The normalized spacial score (nSPS) is 21.1. The standard InChI is InChI=1S/C46H79O13P/c1-3-5-7-8-9-10-11-12-13-14-15-16-17-18-19-20-26-30-46(53)59-40(37-58-60(54,55)57-35-39(49)34-47)36-56-45(52)29-25-22-21-24-28-41-42(44(51)33-43(41)50)32-31-38(48)27-23-6-4-2/h9-10,12-13,15-16,18-19,31-32,38-44,47-51H,3-8,11,14,17,20-30,33-37H2,1-2H3,(H,54,55)/b10-9-,13-12-,16-15-,19-18-,32-31+/t38-,39-,40+,41+,42+,43-,44+/m0/s1. The van der Waals surface area contributed by atoms with Crippen molar-refractivity contribution < 1.29 is 63.1 Å². The van der Waals surface area contributed by atoms with Crippen molar-refractivity contribution >= 4 is 19.8 Å². The third kappa shape index (κ3) is 29.7. The molecule has 1 rings (SSSR count). The molecule has 1 saturated carbocycles. The van der Waals surface area contributed by atoms with Crippen molar-refractivity contribution in [1.29, 1.82) is 0 Å². The number of phosphoric acid groups is 1. The van der Waals surface area contributed by atoms with Crippen molar-refractivity contribution in [1.82, 2.24) is 0 Å². The van der Waals surface area contributed by atoms with Crippen LogP contribution in [0, 0.1) is 11.8 Å². The highest BCUT2D eigenvalue weighted by Crippen LogP contribution is 2.43. The first kappa shape index (κ1) is 55.6. The van der Waals surface area contributed by atoms with Gasteiger partial charge < -0.3 is 39.9 Å². The summed E-state index contributed by atoms with van der Waals surface area (Å²) in [4.78, 5) is 35.2. The van der Waals surface area contributed by atoms with E-state index in [0.717, 1.165) is 64.2 Å². The summed E-state index contributed by atoms with van der Waals surface area (Å²) in [7, 11) is -4.69. The number of unbranched alkanes of at least 4 members (excludes halogenated alkanes) is 9. The zero-order valence-electron chi connectivity index (χ0n) is 36.5. The van der Waals surface area contributed by atoms with Crippen molar-refractivity contribution in [3.63, 3.8) is 0 Å². The first-order valence-corrected chi connectivity index (χ1v) is 24.0. The Morgan fingerprint density at radius 1 is 0.700 bits per heavy atom. The van der Waals surface area contributed by atoms with Crippen LogP contribution in [0.5, 0.6) is 0 Å². The van der Waals surface area contributed by atoms with Crippen LogP contribution in [0.4, 0.5) is 0 Å². The Bertz CT molecular complexity index is 1300. The average molecular weight is 871 g/mol. The van der Waals surface area contributed by atoms with E-state index in [2.05, 4.69) is 54.8 Å². The molecule has 14 heteroatoms. The Hall–Kier alpha value is -2.45. The summed E-state index contributed by atoms with van der Waals surface area (Å²) in [5.41, 5.74) is 0. The van der Waals surface area contributed by atoms with Gasteiger partial charge in [-0.3, -0.25) is 18.6 Å². The summed E-state index contributed by atoms with van der Waals surface area (Å²) in [5, 5.41) is 49.7. The molecule has 1 aliphatic carbocycles. The molecule has 1 aliphatic rings. The van der Waals surface area contributed by atoms with Gasteiger partial charge in [0.1, 0.15) is 12.7 Å². The third-order valence-electron chi connectivity index (χ3n) is 10.2. The number of rotatable bonds is 37. The van der Waals surface area contributed by atoms with Crippen molar-refractivity contribution in [2.75, 3.05) is 26.4 Å². The van der Waals surface area contributed by atoms with E-state index in [9.17, 15) is 39.5 Å². The molecule has 0 aliphatic heterocycles. The van der Waals surface area contributed by atoms with Crippen molar-refractivity contribution in [2.45, 2.75) is 179 Å². The zero-order chi connectivity index (χ0) is 44.3. The van der Waals surface area contributed by atoms with Gasteiger partial charge in [0.2, 0.25) is 0 Å². The van der Waals surface area contributed by atoms with Crippen LogP contribution in [0.1, 0.15) is 149 Å². The number of ether oxygens (including phenoxy) is 2. The molecule has 60 heavy (non-hydrogen) atoms. The Morgan fingerprint density at radius 3 is 1.93 bits per heavy atom. The van der Waals surface area contributed by atoms with Crippen LogP contribution in [-0.2, 0) is 32.7 Å². The zero-order valence-corrected chi connectivity index (χ0v) is 37.4. The molecular formula is C46H79O13P. The van der Waals surface area contributed by atoms with Crippen LogP contribution in [0.15, 0.2) is 60.8 Å². The molecule has 6 N–H and O–H groups in total. The Balaban J connectivity index is 2.48. The van der Waals surface area contributed by atoms with Crippen LogP contribution in [0.3, 0.4) is 0 Å². The number of aliphatic hydroxyl groups is 5. The maximum Gasteiger partial charge on any atom is 0.472 e. The Kier molecular flexibility index (Phi) is 33.4. The molecule has 0 spiro atoms. The van der Waals surface area contributed by atoms with Crippen LogP contribution in [0.25, 0.3) is 0 Å². The Morgan fingerprint density at radius 2 is 1.28 bits per heavy atom. The van der Waals surface area contributed by atoms with Gasteiger partial charge in [-0.1, -0.05) is 126 Å². The molecular weight excluding hydrogens is 791 g/mol. The second kappa shape index (κ2) is 36.1. The van der Waals surface area contributed by atoms with Crippen molar-refractivity contribution in [3.8, 4) is 0 Å². The van der Waals surface area contributed by atoms with E-state index in [1.807, 2.05) is 18.2 Å². The van der Waals surface area contributed by atoms with Gasteiger partial charge in [-0.05, 0) is 70.1 Å². The SMILES string of the molecule is CCCCC/C=C\C/C=C\C/C=C\C/C=C\CCCC(=O)O[C@H](COC(=O)CCCCCC[C@@H]1[C@@H](/C=C/[C@@H](O)CCCCC)[C@H](O)C[C@@H]1O)COP(=O)(O)OC[C@@H](O)CO.